The van der Waals surface area contributed by atoms with Gasteiger partial charge in [-0.05, 0) is 25.1 Å². The lowest BCUT2D eigenvalue weighted by molar-refractivity contribution is 0.188. The fourth-order valence-electron chi connectivity index (χ4n) is 2.63. The number of carbonyl (C=O) groups is 1. The number of hydrogen-bond acceptors (Lipinski definition) is 5. The summed E-state index contributed by atoms with van der Waals surface area (Å²) in [5, 5.41) is 11.1. The smallest absolute Gasteiger partial charge is 0.321 e. The topological polar surface area (TPSA) is 70.6 Å². The standard InChI is InChI=1S/C18H23N5O2/c1-13-4-6-14(7-5-13)19-18(24)23-11-10-15(12-23)25-17-9-8-16(20-21-17)22(2)3/h4-9,15H,10-12H2,1-3H3,(H,19,24). The largest absolute Gasteiger partial charge is 0.471 e. The predicted octanol–water partition coefficient (Wildman–Crippen LogP) is 2.54. The summed E-state index contributed by atoms with van der Waals surface area (Å²) in [6.07, 6.45) is 0.710. The van der Waals surface area contributed by atoms with Crippen LogP contribution in [0.5, 0.6) is 5.88 Å². The average Bonchev–Trinajstić information content (AvgIpc) is 3.06. The summed E-state index contributed by atoms with van der Waals surface area (Å²) in [6.45, 7) is 3.21. The van der Waals surface area contributed by atoms with Gasteiger partial charge in [-0.3, -0.25) is 0 Å². The summed E-state index contributed by atoms with van der Waals surface area (Å²) in [4.78, 5) is 16.0. The van der Waals surface area contributed by atoms with Crippen LogP contribution in [0.15, 0.2) is 36.4 Å². The van der Waals surface area contributed by atoms with Crippen LogP contribution in [0.4, 0.5) is 16.3 Å². The molecule has 1 aliphatic heterocycles. The average molecular weight is 341 g/mol. The van der Waals surface area contributed by atoms with E-state index in [1.54, 1.807) is 11.0 Å². The van der Waals surface area contributed by atoms with Gasteiger partial charge in [0.05, 0.1) is 6.54 Å². The van der Waals surface area contributed by atoms with Gasteiger partial charge in [0.25, 0.3) is 0 Å². The Hall–Kier alpha value is -2.83. The molecule has 1 aromatic heterocycles. The van der Waals surface area contributed by atoms with E-state index in [-0.39, 0.29) is 12.1 Å². The maximum Gasteiger partial charge on any atom is 0.321 e. The van der Waals surface area contributed by atoms with E-state index in [0.717, 1.165) is 23.5 Å². The Labute approximate surface area is 147 Å². The lowest BCUT2D eigenvalue weighted by Gasteiger charge is -2.18. The van der Waals surface area contributed by atoms with Crippen LogP contribution in [0.3, 0.4) is 0 Å². The van der Waals surface area contributed by atoms with E-state index in [4.69, 9.17) is 4.74 Å². The predicted molar refractivity (Wildman–Crippen MR) is 97.2 cm³/mol. The first-order valence-electron chi connectivity index (χ1n) is 8.31. The Kier molecular flexibility index (Phi) is 5.02. The van der Waals surface area contributed by atoms with Crippen molar-refractivity contribution in [3.63, 3.8) is 0 Å². The van der Waals surface area contributed by atoms with E-state index in [1.165, 1.54) is 0 Å². The van der Waals surface area contributed by atoms with Crippen molar-refractivity contribution < 1.29 is 9.53 Å². The van der Waals surface area contributed by atoms with Crippen LogP contribution in [0, 0.1) is 6.92 Å². The van der Waals surface area contributed by atoms with E-state index in [1.807, 2.05) is 56.3 Å². The van der Waals surface area contributed by atoms with Gasteiger partial charge >= 0.3 is 6.03 Å². The molecule has 7 heteroatoms. The molecule has 1 N–H and O–H groups in total. The highest BCUT2D eigenvalue weighted by Gasteiger charge is 2.28. The summed E-state index contributed by atoms with van der Waals surface area (Å²) >= 11 is 0. The molecule has 1 atom stereocenters. The SMILES string of the molecule is Cc1ccc(NC(=O)N2CCC(Oc3ccc(N(C)C)nn3)C2)cc1. The highest BCUT2D eigenvalue weighted by Crippen LogP contribution is 2.18. The fraction of sp³-hybridized carbons (Fsp3) is 0.389. The van der Waals surface area contributed by atoms with Crippen LogP contribution >= 0.6 is 0 Å². The third kappa shape index (κ3) is 4.37. The molecule has 0 aliphatic carbocycles. The molecule has 132 valence electrons. The van der Waals surface area contributed by atoms with Gasteiger partial charge in [-0.15, -0.1) is 10.2 Å². The molecule has 2 aromatic rings. The van der Waals surface area contributed by atoms with Crippen LogP contribution in [0.1, 0.15) is 12.0 Å². The van der Waals surface area contributed by atoms with E-state index in [2.05, 4.69) is 15.5 Å². The number of carbonyl (C=O) groups excluding carboxylic acids is 1. The maximum atomic E-state index is 12.3. The molecule has 0 spiro atoms. The molecule has 1 aromatic carbocycles. The highest BCUT2D eigenvalue weighted by molar-refractivity contribution is 5.89. The number of nitrogens with zero attached hydrogens (tertiary/aromatic N) is 4. The Morgan fingerprint density at radius 1 is 1.20 bits per heavy atom. The number of ether oxygens (including phenoxy) is 1. The van der Waals surface area contributed by atoms with Crippen molar-refractivity contribution >= 4 is 17.5 Å². The molecule has 0 bridgehead atoms. The first-order chi connectivity index (χ1) is 12.0. The monoisotopic (exact) mass is 341 g/mol. The van der Waals surface area contributed by atoms with Crippen molar-refractivity contribution in [3.8, 4) is 5.88 Å². The van der Waals surface area contributed by atoms with Gasteiger partial charge in [-0.1, -0.05) is 17.7 Å². The van der Waals surface area contributed by atoms with E-state index < -0.39 is 0 Å². The van der Waals surface area contributed by atoms with Gasteiger partial charge in [0, 0.05) is 38.8 Å². The second-order valence-electron chi connectivity index (χ2n) is 6.39. The lowest BCUT2D eigenvalue weighted by atomic mass is 10.2. The molecule has 0 saturated carbocycles. The van der Waals surface area contributed by atoms with Gasteiger partial charge in [0.2, 0.25) is 5.88 Å². The maximum absolute atomic E-state index is 12.3. The minimum Gasteiger partial charge on any atom is -0.471 e. The zero-order chi connectivity index (χ0) is 17.8. The molecular weight excluding hydrogens is 318 g/mol. The number of benzene rings is 1. The number of hydrogen-bond donors (Lipinski definition) is 1. The zero-order valence-electron chi connectivity index (χ0n) is 14.8. The highest BCUT2D eigenvalue weighted by atomic mass is 16.5. The second-order valence-corrected chi connectivity index (χ2v) is 6.39. The van der Waals surface area contributed by atoms with Crippen LogP contribution in [-0.2, 0) is 0 Å². The van der Waals surface area contributed by atoms with Gasteiger partial charge in [-0.2, -0.15) is 0 Å². The Morgan fingerprint density at radius 3 is 2.60 bits per heavy atom. The van der Waals surface area contributed by atoms with Crippen molar-refractivity contribution in [2.75, 3.05) is 37.4 Å². The Balaban J connectivity index is 1.52. The molecular formula is C18H23N5O2. The van der Waals surface area contributed by atoms with Gasteiger partial charge in [0.1, 0.15) is 6.10 Å². The fourth-order valence-corrected chi connectivity index (χ4v) is 2.63. The van der Waals surface area contributed by atoms with Crippen molar-refractivity contribution in [2.24, 2.45) is 0 Å². The van der Waals surface area contributed by atoms with E-state index in [0.29, 0.717) is 19.0 Å². The number of urea groups is 1. The van der Waals surface area contributed by atoms with Crippen LogP contribution in [0.25, 0.3) is 0 Å². The zero-order valence-corrected chi connectivity index (χ0v) is 14.8. The summed E-state index contributed by atoms with van der Waals surface area (Å²) in [7, 11) is 3.82. The molecule has 3 rings (SSSR count). The number of aryl methyl sites for hydroxylation is 1. The third-order valence-corrected chi connectivity index (χ3v) is 4.11. The number of anilines is 2. The molecule has 0 radical (unpaired) electrons. The Morgan fingerprint density at radius 2 is 1.96 bits per heavy atom. The first kappa shape index (κ1) is 17.0. The molecule has 1 aliphatic rings. The van der Waals surface area contributed by atoms with Crippen LogP contribution in [-0.4, -0.2) is 54.4 Å². The minimum absolute atomic E-state index is 0.0664. The van der Waals surface area contributed by atoms with Gasteiger partial charge < -0.3 is 19.9 Å². The molecule has 2 amide bonds. The molecule has 25 heavy (non-hydrogen) atoms. The van der Waals surface area contributed by atoms with E-state index in [9.17, 15) is 4.79 Å². The summed E-state index contributed by atoms with van der Waals surface area (Å²) in [5.74, 6) is 1.26. The second kappa shape index (κ2) is 7.38. The number of amides is 2. The number of aromatic nitrogens is 2. The van der Waals surface area contributed by atoms with Crippen molar-refractivity contribution in [3.05, 3.63) is 42.0 Å². The number of rotatable bonds is 4. The van der Waals surface area contributed by atoms with Gasteiger partial charge in [0.15, 0.2) is 5.82 Å². The van der Waals surface area contributed by atoms with Crippen molar-refractivity contribution in [1.82, 2.24) is 15.1 Å². The number of likely N-dealkylation sites (tertiary alicyclic amines) is 1. The van der Waals surface area contributed by atoms with Crippen LogP contribution in [0.2, 0.25) is 0 Å². The van der Waals surface area contributed by atoms with Gasteiger partial charge in [-0.25, -0.2) is 4.79 Å². The minimum atomic E-state index is -0.107. The first-order valence-corrected chi connectivity index (χ1v) is 8.31. The molecule has 7 nitrogen and oxygen atoms in total. The summed E-state index contributed by atoms with van der Waals surface area (Å²) in [5.41, 5.74) is 1.96. The third-order valence-electron chi connectivity index (χ3n) is 4.11. The van der Waals surface area contributed by atoms with E-state index >= 15 is 0 Å². The quantitative estimate of drug-likeness (QED) is 0.925. The summed E-state index contributed by atoms with van der Waals surface area (Å²) in [6, 6.07) is 11.3. The number of nitrogens with one attached hydrogen (secondary N) is 1. The molecule has 1 fully saturated rings. The summed E-state index contributed by atoms with van der Waals surface area (Å²) < 4.78 is 5.84. The normalized spacial score (nSPS) is 16.6. The Bertz CT molecular complexity index is 715. The van der Waals surface area contributed by atoms with Crippen LogP contribution < -0.4 is 15.0 Å². The molecule has 1 saturated heterocycles. The lowest BCUT2D eigenvalue weighted by Crippen LogP contribution is -2.34. The van der Waals surface area contributed by atoms with Crippen molar-refractivity contribution in [2.45, 2.75) is 19.4 Å². The van der Waals surface area contributed by atoms with Crippen molar-refractivity contribution in [1.29, 1.82) is 0 Å². The molecule has 1 unspecified atom stereocenters. The molecule has 2 heterocycles.